The Hall–Kier alpha value is -2.01. The Morgan fingerprint density at radius 3 is 2.65 bits per heavy atom. The average Bonchev–Trinajstić information content (AvgIpc) is 3.05. The summed E-state index contributed by atoms with van der Waals surface area (Å²) in [6.45, 7) is 1.83. The van der Waals surface area contributed by atoms with Gasteiger partial charge in [-0.15, -0.1) is 0 Å². The lowest BCUT2D eigenvalue weighted by atomic mass is 10.1. The Morgan fingerprint density at radius 2 is 1.83 bits per heavy atom. The van der Waals surface area contributed by atoms with E-state index in [9.17, 15) is 4.79 Å². The van der Waals surface area contributed by atoms with Crippen LogP contribution in [-0.4, -0.2) is 25.2 Å². The molecule has 118 valence electrons. The van der Waals surface area contributed by atoms with E-state index in [0.717, 1.165) is 35.4 Å². The second kappa shape index (κ2) is 5.89. The highest BCUT2D eigenvalue weighted by atomic mass is 79.9. The number of nitrogens with zero attached hydrogens (tertiary/aromatic N) is 2. The molecule has 0 radical (unpaired) electrons. The molecule has 2 aromatic rings. The van der Waals surface area contributed by atoms with Crippen LogP contribution in [0.25, 0.3) is 0 Å². The molecule has 0 spiro atoms. The van der Waals surface area contributed by atoms with E-state index >= 15 is 0 Å². The molecule has 2 aromatic carbocycles. The van der Waals surface area contributed by atoms with Crippen molar-refractivity contribution >= 4 is 39.0 Å². The van der Waals surface area contributed by atoms with Gasteiger partial charge in [-0.1, -0.05) is 24.3 Å². The molecule has 23 heavy (non-hydrogen) atoms. The van der Waals surface area contributed by atoms with Crippen LogP contribution in [0.3, 0.4) is 0 Å². The number of halogens is 1. The van der Waals surface area contributed by atoms with Gasteiger partial charge in [0, 0.05) is 23.6 Å². The first-order chi connectivity index (χ1) is 11.2. The number of hydrogen-bond acceptors (Lipinski definition) is 2. The summed E-state index contributed by atoms with van der Waals surface area (Å²) in [5, 5.41) is 3.02. The van der Waals surface area contributed by atoms with Crippen LogP contribution in [0.2, 0.25) is 0 Å². The lowest BCUT2D eigenvalue weighted by Gasteiger charge is -2.40. The number of urea groups is 1. The Labute approximate surface area is 144 Å². The quantitative estimate of drug-likeness (QED) is 0.802. The van der Waals surface area contributed by atoms with Gasteiger partial charge in [-0.3, -0.25) is 4.90 Å². The summed E-state index contributed by atoms with van der Waals surface area (Å²) < 4.78 is 0.890. The second-order valence-electron chi connectivity index (χ2n) is 6.00. The number of para-hydroxylation sites is 3. The standard InChI is InChI=1S/C18H18BrN3O/c19-14-7-1-2-8-15(14)20-18(23)22-12-13-6-5-11-21(13)16-9-3-4-10-17(16)22/h1-4,7-10,13H,5-6,11-12H2,(H,20,23)/t13-/m1/s1. The molecule has 1 N–H and O–H groups in total. The van der Waals surface area contributed by atoms with Gasteiger partial charge in [0.1, 0.15) is 0 Å². The fraction of sp³-hybridized carbons (Fsp3) is 0.278. The van der Waals surface area contributed by atoms with Crippen LogP contribution < -0.4 is 15.1 Å². The monoisotopic (exact) mass is 371 g/mol. The van der Waals surface area contributed by atoms with Crippen LogP contribution in [0.1, 0.15) is 12.8 Å². The van der Waals surface area contributed by atoms with Crippen molar-refractivity contribution in [3.8, 4) is 0 Å². The van der Waals surface area contributed by atoms with E-state index in [1.54, 1.807) is 0 Å². The molecule has 2 aliphatic rings. The number of benzene rings is 2. The highest BCUT2D eigenvalue weighted by molar-refractivity contribution is 9.10. The van der Waals surface area contributed by atoms with E-state index < -0.39 is 0 Å². The average molecular weight is 372 g/mol. The molecule has 4 rings (SSSR count). The summed E-state index contributed by atoms with van der Waals surface area (Å²) in [4.78, 5) is 17.2. The largest absolute Gasteiger partial charge is 0.365 e. The summed E-state index contributed by atoms with van der Waals surface area (Å²) in [6, 6.07) is 16.2. The molecular formula is C18H18BrN3O. The molecule has 0 aliphatic carbocycles. The number of anilines is 3. The lowest BCUT2D eigenvalue weighted by Crippen LogP contribution is -2.49. The van der Waals surface area contributed by atoms with Gasteiger partial charge in [0.2, 0.25) is 0 Å². The van der Waals surface area contributed by atoms with E-state index in [-0.39, 0.29) is 6.03 Å². The van der Waals surface area contributed by atoms with Crippen LogP contribution in [0.5, 0.6) is 0 Å². The van der Waals surface area contributed by atoms with Gasteiger partial charge in [-0.25, -0.2) is 4.79 Å². The summed E-state index contributed by atoms with van der Waals surface area (Å²) in [5.74, 6) is 0. The predicted molar refractivity (Wildman–Crippen MR) is 97.3 cm³/mol. The highest BCUT2D eigenvalue weighted by Gasteiger charge is 2.36. The van der Waals surface area contributed by atoms with Gasteiger partial charge >= 0.3 is 6.03 Å². The van der Waals surface area contributed by atoms with E-state index in [2.05, 4.69) is 32.2 Å². The molecule has 2 aliphatic heterocycles. The lowest BCUT2D eigenvalue weighted by molar-refractivity contribution is 0.256. The zero-order valence-electron chi connectivity index (χ0n) is 12.7. The van der Waals surface area contributed by atoms with E-state index in [0.29, 0.717) is 6.04 Å². The summed E-state index contributed by atoms with van der Waals surface area (Å²) in [6.07, 6.45) is 2.34. The van der Waals surface area contributed by atoms with Gasteiger partial charge in [0.05, 0.1) is 17.1 Å². The minimum Gasteiger partial charge on any atom is -0.365 e. The third-order valence-electron chi connectivity index (χ3n) is 4.61. The third kappa shape index (κ3) is 2.59. The molecule has 2 amide bonds. The zero-order valence-corrected chi connectivity index (χ0v) is 14.3. The van der Waals surface area contributed by atoms with Crippen LogP contribution in [0.4, 0.5) is 21.9 Å². The molecule has 0 bridgehead atoms. The highest BCUT2D eigenvalue weighted by Crippen LogP contribution is 2.39. The van der Waals surface area contributed by atoms with Crippen LogP contribution in [0, 0.1) is 0 Å². The van der Waals surface area contributed by atoms with Crippen molar-refractivity contribution in [1.82, 2.24) is 0 Å². The summed E-state index contributed by atoms with van der Waals surface area (Å²) >= 11 is 3.48. The van der Waals surface area contributed by atoms with E-state index in [1.165, 1.54) is 12.1 Å². The Morgan fingerprint density at radius 1 is 1.09 bits per heavy atom. The number of nitrogens with one attached hydrogen (secondary N) is 1. The molecule has 0 aromatic heterocycles. The fourth-order valence-corrected chi connectivity index (χ4v) is 3.91. The molecule has 4 nitrogen and oxygen atoms in total. The van der Waals surface area contributed by atoms with Crippen molar-refractivity contribution in [3.63, 3.8) is 0 Å². The SMILES string of the molecule is O=C(Nc1ccccc1Br)N1C[C@H]2CCCN2c2ccccc21. The smallest absolute Gasteiger partial charge is 0.326 e. The van der Waals surface area contributed by atoms with Crippen molar-refractivity contribution in [2.24, 2.45) is 0 Å². The maximum atomic E-state index is 12.8. The maximum Gasteiger partial charge on any atom is 0.326 e. The first-order valence-electron chi connectivity index (χ1n) is 7.93. The van der Waals surface area contributed by atoms with Crippen molar-refractivity contribution in [2.45, 2.75) is 18.9 Å². The van der Waals surface area contributed by atoms with Crippen molar-refractivity contribution in [2.75, 3.05) is 28.2 Å². The first-order valence-corrected chi connectivity index (χ1v) is 8.72. The molecule has 5 heteroatoms. The number of fused-ring (bicyclic) bond motifs is 3. The number of amides is 2. The Balaban J connectivity index is 1.65. The summed E-state index contributed by atoms with van der Waals surface area (Å²) in [5.41, 5.74) is 2.96. The number of carbonyl (C=O) groups is 1. The number of carbonyl (C=O) groups excluding carboxylic acids is 1. The van der Waals surface area contributed by atoms with Gasteiger partial charge in [0.25, 0.3) is 0 Å². The molecule has 1 fully saturated rings. The first kappa shape index (κ1) is 14.6. The Bertz CT molecular complexity index is 749. The van der Waals surface area contributed by atoms with Crippen LogP contribution in [0.15, 0.2) is 53.0 Å². The van der Waals surface area contributed by atoms with E-state index in [4.69, 9.17) is 0 Å². The van der Waals surface area contributed by atoms with Gasteiger partial charge in [0.15, 0.2) is 0 Å². The normalized spacial score (nSPS) is 19.3. The predicted octanol–water partition coefficient (Wildman–Crippen LogP) is 4.47. The van der Waals surface area contributed by atoms with Gasteiger partial charge < -0.3 is 10.2 Å². The van der Waals surface area contributed by atoms with Gasteiger partial charge in [-0.05, 0) is 53.0 Å². The number of hydrogen-bond donors (Lipinski definition) is 1. The van der Waals surface area contributed by atoms with Gasteiger partial charge in [-0.2, -0.15) is 0 Å². The van der Waals surface area contributed by atoms with Crippen LogP contribution >= 0.6 is 15.9 Å². The van der Waals surface area contributed by atoms with Crippen molar-refractivity contribution in [1.29, 1.82) is 0 Å². The molecular weight excluding hydrogens is 354 g/mol. The molecule has 1 saturated heterocycles. The van der Waals surface area contributed by atoms with Crippen molar-refractivity contribution < 1.29 is 4.79 Å². The van der Waals surface area contributed by atoms with Crippen molar-refractivity contribution in [3.05, 3.63) is 53.0 Å². The van der Waals surface area contributed by atoms with E-state index in [1.807, 2.05) is 47.4 Å². The molecule has 1 atom stereocenters. The Kier molecular flexibility index (Phi) is 3.73. The topological polar surface area (TPSA) is 35.6 Å². The molecule has 0 saturated carbocycles. The minimum absolute atomic E-state index is 0.0732. The zero-order chi connectivity index (χ0) is 15.8. The minimum atomic E-state index is -0.0732. The maximum absolute atomic E-state index is 12.8. The second-order valence-corrected chi connectivity index (χ2v) is 6.85. The van der Waals surface area contributed by atoms with Crippen LogP contribution in [-0.2, 0) is 0 Å². The molecule has 2 heterocycles. The number of rotatable bonds is 1. The third-order valence-corrected chi connectivity index (χ3v) is 5.30. The fourth-order valence-electron chi connectivity index (χ4n) is 3.52. The molecule has 0 unspecified atom stereocenters. The summed E-state index contributed by atoms with van der Waals surface area (Å²) in [7, 11) is 0.